The second-order valence-electron chi connectivity index (χ2n) is 7.97. The second-order valence-corrected chi connectivity index (χ2v) is 7.97. The average molecular weight is 534 g/mol. The number of nitrogens with one attached hydrogen (secondary N) is 2. The fourth-order valence-electron chi connectivity index (χ4n) is 3.22. The van der Waals surface area contributed by atoms with E-state index in [1.807, 2.05) is 43.9 Å². The number of hydrogen-bond acceptors (Lipinski definition) is 5. The third-order valence-corrected chi connectivity index (χ3v) is 4.63. The number of carbonyl (C=O) groups excluding carboxylic acids is 1. The molecule has 8 nitrogen and oxygen atoms in total. The molecule has 0 saturated carbocycles. The van der Waals surface area contributed by atoms with E-state index in [1.165, 1.54) is 0 Å². The van der Waals surface area contributed by atoms with Crippen molar-refractivity contribution in [3.63, 3.8) is 0 Å². The molecule has 1 aromatic carbocycles. The van der Waals surface area contributed by atoms with Crippen LogP contribution in [-0.4, -0.2) is 63.0 Å². The summed E-state index contributed by atoms with van der Waals surface area (Å²) in [5, 5.41) is 6.56. The zero-order valence-corrected chi connectivity index (χ0v) is 21.1. The van der Waals surface area contributed by atoms with Gasteiger partial charge < -0.3 is 29.7 Å². The number of ether oxygens (including phenoxy) is 3. The molecule has 1 unspecified atom stereocenters. The number of anilines is 1. The van der Waals surface area contributed by atoms with E-state index in [-0.39, 0.29) is 36.1 Å². The van der Waals surface area contributed by atoms with Crippen molar-refractivity contribution in [2.24, 2.45) is 4.99 Å². The molecule has 1 atom stereocenters. The number of methoxy groups -OCH3 is 2. The van der Waals surface area contributed by atoms with E-state index in [2.05, 4.69) is 15.6 Å². The summed E-state index contributed by atoms with van der Waals surface area (Å²) in [5.41, 5.74) is 0.320. The van der Waals surface area contributed by atoms with Crippen LogP contribution in [0.2, 0.25) is 0 Å². The number of guanidine groups is 1. The van der Waals surface area contributed by atoms with Gasteiger partial charge in [-0.25, -0.2) is 4.79 Å². The van der Waals surface area contributed by atoms with Crippen molar-refractivity contribution in [2.45, 2.75) is 51.7 Å². The number of amides is 1. The molecule has 0 radical (unpaired) electrons. The van der Waals surface area contributed by atoms with Gasteiger partial charge in [0.2, 0.25) is 0 Å². The summed E-state index contributed by atoms with van der Waals surface area (Å²) >= 11 is 0. The standard InChI is InChI=1S/C21H34N4O4.HI/c1-21(2,3)29-20(26)25-12-8-7-9-16(25)14-23-19(22-4)24-15-10-11-17(27-5)18(13-15)28-6;/h10-11,13,16H,7-9,12,14H2,1-6H3,(H2,22,23,24);1H. The summed E-state index contributed by atoms with van der Waals surface area (Å²) in [4.78, 5) is 18.7. The quantitative estimate of drug-likeness (QED) is 0.336. The molecule has 9 heteroatoms. The van der Waals surface area contributed by atoms with Crippen molar-refractivity contribution in [1.82, 2.24) is 10.2 Å². The number of hydrogen-bond donors (Lipinski definition) is 2. The summed E-state index contributed by atoms with van der Waals surface area (Å²) in [6.45, 7) is 6.96. The average Bonchev–Trinajstić information content (AvgIpc) is 2.69. The van der Waals surface area contributed by atoms with E-state index < -0.39 is 5.60 Å². The first-order valence-electron chi connectivity index (χ1n) is 9.96. The summed E-state index contributed by atoms with van der Waals surface area (Å²) < 4.78 is 16.2. The van der Waals surface area contributed by atoms with Crippen molar-refractivity contribution in [3.05, 3.63) is 18.2 Å². The van der Waals surface area contributed by atoms with Gasteiger partial charge in [-0.3, -0.25) is 4.99 Å². The fourth-order valence-corrected chi connectivity index (χ4v) is 3.22. The first-order chi connectivity index (χ1) is 13.8. The smallest absolute Gasteiger partial charge is 0.410 e. The Labute approximate surface area is 196 Å². The Kier molecular flexibility index (Phi) is 10.5. The number of aliphatic imine (C=N–C) groups is 1. The zero-order chi connectivity index (χ0) is 21.4. The summed E-state index contributed by atoms with van der Waals surface area (Å²) in [6.07, 6.45) is 2.76. The molecule has 2 N–H and O–H groups in total. The van der Waals surface area contributed by atoms with Crippen LogP contribution in [-0.2, 0) is 4.74 Å². The lowest BCUT2D eigenvalue weighted by Gasteiger charge is -2.37. The highest BCUT2D eigenvalue weighted by Gasteiger charge is 2.30. The highest BCUT2D eigenvalue weighted by molar-refractivity contribution is 14.0. The third-order valence-electron chi connectivity index (χ3n) is 4.63. The fraction of sp³-hybridized carbons (Fsp3) is 0.619. The highest BCUT2D eigenvalue weighted by atomic mass is 127. The molecule has 0 aliphatic carbocycles. The number of benzene rings is 1. The SMILES string of the molecule is CN=C(NCC1CCCCN1C(=O)OC(C)(C)C)Nc1ccc(OC)c(OC)c1.I. The van der Waals surface area contributed by atoms with Gasteiger partial charge in [-0.05, 0) is 52.2 Å². The molecule has 0 aromatic heterocycles. The Bertz CT molecular complexity index is 721. The first kappa shape index (κ1) is 26.1. The van der Waals surface area contributed by atoms with Crippen LogP contribution in [0.4, 0.5) is 10.5 Å². The molecule has 170 valence electrons. The summed E-state index contributed by atoms with van der Waals surface area (Å²) in [5.74, 6) is 1.92. The predicted octanol–water partition coefficient (Wildman–Crippen LogP) is 4.10. The van der Waals surface area contributed by atoms with Crippen molar-refractivity contribution < 1.29 is 19.0 Å². The van der Waals surface area contributed by atoms with Gasteiger partial charge in [-0.2, -0.15) is 0 Å². The van der Waals surface area contributed by atoms with Crippen LogP contribution in [0.5, 0.6) is 11.5 Å². The van der Waals surface area contributed by atoms with E-state index >= 15 is 0 Å². The van der Waals surface area contributed by atoms with Crippen molar-refractivity contribution in [1.29, 1.82) is 0 Å². The minimum absolute atomic E-state index is 0. The van der Waals surface area contributed by atoms with Gasteiger partial charge in [0.25, 0.3) is 0 Å². The van der Waals surface area contributed by atoms with Crippen LogP contribution in [0.15, 0.2) is 23.2 Å². The van der Waals surface area contributed by atoms with Gasteiger partial charge in [-0.1, -0.05) is 0 Å². The van der Waals surface area contributed by atoms with Gasteiger partial charge in [0.05, 0.1) is 20.3 Å². The largest absolute Gasteiger partial charge is 0.493 e. The lowest BCUT2D eigenvalue weighted by molar-refractivity contribution is 0.0104. The molecular formula is C21H35IN4O4. The molecule has 1 saturated heterocycles. The number of halogens is 1. The molecule has 1 amide bonds. The van der Waals surface area contributed by atoms with Gasteiger partial charge in [0.1, 0.15) is 5.60 Å². The van der Waals surface area contributed by atoms with Crippen molar-refractivity contribution in [3.8, 4) is 11.5 Å². The number of piperidine rings is 1. The normalized spacial score (nSPS) is 16.9. The minimum Gasteiger partial charge on any atom is -0.493 e. The number of rotatable bonds is 5. The molecule has 1 fully saturated rings. The minimum atomic E-state index is -0.502. The number of nitrogens with zero attached hydrogens (tertiary/aromatic N) is 2. The Morgan fingerprint density at radius 3 is 2.50 bits per heavy atom. The van der Waals surface area contributed by atoms with Gasteiger partial charge >= 0.3 is 6.09 Å². The van der Waals surface area contributed by atoms with Gasteiger partial charge in [0.15, 0.2) is 17.5 Å². The molecule has 0 spiro atoms. The van der Waals surface area contributed by atoms with Crippen LogP contribution in [0.3, 0.4) is 0 Å². The van der Waals surface area contributed by atoms with Crippen LogP contribution in [0.25, 0.3) is 0 Å². The van der Waals surface area contributed by atoms with Crippen LogP contribution >= 0.6 is 24.0 Å². The van der Waals surface area contributed by atoms with Crippen molar-refractivity contribution in [2.75, 3.05) is 39.7 Å². The monoisotopic (exact) mass is 534 g/mol. The lowest BCUT2D eigenvalue weighted by Crippen LogP contribution is -2.51. The number of likely N-dealkylation sites (tertiary alicyclic amines) is 1. The van der Waals surface area contributed by atoms with Crippen LogP contribution < -0.4 is 20.1 Å². The van der Waals surface area contributed by atoms with E-state index in [1.54, 1.807) is 21.3 Å². The molecule has 0 bridgehead atoms. The Morgan fingerprint density at radius 2 is 1.90 bits per heavy atom. The highest BCUT2D eigenvalue weighted by Crippen LogP contribution is 2.29. The molecule has 1 aromatic rings. The molecule has 1 aliphatic rings. The number of carbonyl (C=O) groups is 1. The summed E-state index contributed by atoms with van der Waals surface area (Å²) in [6, 6.07) is 5.63. The zero-order valence-electron chi connectivity index (χ0n) is 18.8. The maximum absolute atomic E-state index is 12.6. The molecule has 1 heterocycles. The van der Waals surface area contributed by atoms with Gasteiger partial charge in [-0.15, -0.1) is 24.0 Å². The van der Waals surface area contributed by atoms with E-state index in [9.17, 15) is 4.79 Å². The Hall–Kier alpha value is -1.91. The van der Waals surface area contributed by atoms with E-state index in [0.29, 0.717) is 30.5 Å². The van der Waals surface area contributed by atoms with E-state index in [0.717, 1.165) is 24.9 Å². The molecule has 2 rings (SSSR count). The van der Waals surface area contributed by atoms with Crippen LogP contribution in [0.1, 0.15) is 40.0 Å². The van der Waals surface area contributed by atoms with Crippen LogP contribution in [0, 0.1) is 0 Å². The molecular weight excluding hydrogens is 499 g/mol. The third kappa shape index (κ3) is 7.73. The predicted molar refractivity (Wildman–Crippen MR) is 131 cm³/mol. The van der Waals surface area contributed by atoms with Crippen molar-refractivity contribution >= 4 is 41.7 Å². The topological polar surface area (TPSA) is 84.4 Å². The maximum Gasteiger partial charge on any atom is 0.410 e. The Morgan fingerprint density at radius 1 is 1.20 bits per heavy atom. The first-order valence-corrected chi connectivity index (χ1v) is 9.96. The molecule has 1 aliphatic heterocycles. The summed E-state index contributed by atoms with van der Waals surface area (Å²) in [7, 11) is 4.91. The molecule has 30 heavy (non-hydrogen) atoms. The van der Waals surface area contributed by atoms with Gasteiger partial charge in [0, 0.05) is 31.9 Å². The van der Waals surface area contributed by atoms with E-state index in [4.69, 9.17) is 14.2 Å². The Balaban J connectivity index is 0.00000450. The maximum atomic E-state index is 12.6. The second kappa shape index (κ2) is 12.1. The lowest BCUT2D eigenvalue weighted by atomic mass is 10.0.